The first-order valence-electron chi connectivity index (χ1n) is 37.0. The van der Waals surface area contributed by atoms with Crippen molar-refractivity contribution in [3.63, 3.8) is 0 Å². The van der Waals surface area contributed by atoms with Gasteiger partial charge in [0.05, 0.1) is 22.3 Å². The van der Waals surface area contributed by atoms with Crippen LogP contribution in [-0.2, 0) is 43.6 Å². The lowest BCUT2D eigenvalue weighted by atomic mass is 10.1. The largest absolute Gasteiger partial charge is 0.422 e. The van der Waals surface area contributed by atoms with Crippen LogP contribution in [0.25, 0.3) is 64.6 Å². The van der Waals surface area contributed by atoms with Gasteiger partial charge in [0.15, 0.2) is 19.6 Å². The lowest BCUT2D eigenvalue weighted by Gasteiger charge is -2.16. The van der Waals surface area contributed by atoms with Gasteiger partial charge in [0.1, 0.15) is 69.0 Å². The second-order valence-corrected chi connectivity index (χ2v) is 36.0. The Morgan fingerprint density at radius 3 is 0.708 bits per heavy atom. The van der Waals surface area contributed by atoms with Crippen LogP contribution in [0.3, 0.4) is 0 Å². The van der Waals surface area contributed by atoms with Gasteiger partial charge >= 0.3 is 23.9 Å². The molecule has 0 aliphatic carbocycles. The summed E-state index contributed by atoms with van der Waals surface area (Å²) in [5, 5.41) is 13.3. The molecule has 0 N–H and O–H groups in total. The van der Waals surface area contributed by atoms with Crippen molar-refractivity contribution in [2.24, 2.45) is 0 Å². The molecule has 4 aliphatic heterocycles. The number of rotatable bonds is 12. The van der Waals surface area contributed by atoms with Crippen LogP contribution in [0, 0.1) is 0 Å². The number of carbonyl (C=O) groups excluding carboxylic acids is 4. The number of hydrogen-bond acceptors (Lipinski definition) is 8. The summed E-state index contributed by atoms with van der Waals surface area (Å²) in [5.41, 5.74) is 2.30. The van der Waals surface area contributed by atoms with Gasteiger partial charge in [-0.05, 0) is 207 Å². The molecule has 528 valence electrons. The van der Waals surface area contributed by atoms with Gasteiger partial charge in [-0.2, -0.15) is 0 Å². The fourth-order valence-electron chi connectivity index (χ4n) is 14.6. The molecule has 14 aromatic rings. The lowest BCUT2D eigenvalue weighted by molar-refractivity contribution is 0.0727. The van der Waals surface area contributed by atoms with Crippen LogP contribution in [0.15, 0.2) is 311 Å². The quantitative estimate of drug-likeness (QED) is 0.0677. The van der Waals surface area contributed by atoms with Gasteiger partial charge in [-0.3, -0.25) is 0 Å². The molecule has 4 aliphatic rings. The Hall–Kier alpha value is -10.1. The minimum Gasteiger partial charge on any atom is -0.422 e. The van der Waals surface area contributed by atoms with Crippen molar-refractivity contribution in [3.05, 3.63) is 313 Å². The summed E-state index contributed by atoms with van der Waals surface area (Å²) >= 11 is 0. The van der Waals surface area contributed by atoms with Gasteiger partial charge in [-0.1, -0.05) is 170 Å². The SMILES string of the molecule is O=C(Oc1ccc([S+]2CCCC2)c2ccccc12)c1ccc2ccccc2c1.O=C(Oc1ccc([S+]2CCCC2)c2ccccc12)c1ccccc1.O=C(Oc1ccc([S+]2CCCCC2)c2ccccc12)c1ccc2ccccc2c1.O=C(Oc1ccc([S+]2CCCCC2)c2ccccc12)c1ccccc1. The first kappa shape index (κ1) is 71.5. The number of benzene rings is 14. The molecule has 4 saturated heterocycles. The molecule has 0 bridgehead atoms. The maximum absolute atomic E-state index is 12.9. The molecular weight excluding hydrogens is 1390 g/mol. The van der Waals surface area contributed by atoms with Crippen molar-refractivity contribution in [1.82, 2.24) is 0 Å². The van der Waals surface area contributed by atoms with E-state index in [9.17, 15) is 19.2 Å². The molecule has 4 fully saturated rings. The highest BCUT2D eigenvalue weighted by atomic mass is 32.2. The molecular formula is C94H84O8S4+4. The second-order valence-electron chi connectivity index (χ2n) is 27.0. The van der Waals surface area contributed by atoms with E-state index in [0.717, 1.165) is 43.1 Å². The van der Waals surface area contributed by atoms with Crippen LogP contribution in [-0.4, -0.2) is 69.9 Å². The minimum absolute atomic E-state index is 0.304. The van der Waals surface area contributed by atoms with Gasteiger partial charge in [0, 0.05) is 86.7 Å². The van der Waals surface area contributed by atoms with Crippen molar-refractivity contribution >= 4 is 132 Å². The summed E-state index contributed by atoms with van der Waals surface area (Å²) in [6.45, 7) is 0. The first-order valence-corrected chi connectivity index (χ1v) is 43.2. The van der Waals surface area contributed by atoms with Gasteiger partial charge in [-0.25, -0.2) is 19.2 Å². The van der Waals surface area contributed by atoms with Crippen LogP contribution in [0.4, 0.5) is 0 Å². The third kappa shape index (κ3) is 16.8. The fourth-order valence-corrected chi connectivity index (χ4v) is 24.6. The average molecular weight is 1470 g/mol. The minimum atomic E-state index is -0.313. The predicted octanol–water partition coefficient (Wildman–Crippen LogP) is 22.4. The van der Waals surface area contributed by atoms with E-state index in [2.05, 4.69) is 91.0 Å². The van der Waals surface area contributed by atoms with Gasteiger partial charge in [0.2, 0.25) is 0 Å². The highest BCUT2D eigenvalue weighted by Crippen LogP contribution is 2.40. The second kappa shape index (κ2) is 34.4. The van der Waals surface area contributed by atoms with E-state index in [1.807, 2.05) is 176 Å². The maximum atomic E-state index is 12.9. The molecule has 12 heteroatoms. The van der Waals surface area contributed by atoms with Crippen molar-refractivity contribution < 1.29 is 38.1 Å². The van der Waals surface area contributed by atoms with E-state index in [1.165, 1.54) is 151 Å². The zero-order valence-electron chi connectivity index (χ0n) is 59.3. The Balaban J connectivity index is 0.000000114. The molecule has 0 atom stereocenters. The van der Waals surface area contributed by atoms with Gasteiger partial charge < -0.3 is 18.9 Å². The van der Waals surface area contributed by atoms with Gasteiger partial charge in [0.25, 0.3) is 0 Å². The summed E-state index contributed by atoms with van der Waals surface area (Å²) in [5.74, 6) is 11.6. The molecule has 0 radical (unpaired) electrons. The summed E-state index contributed by atoms with van der Waals surface area (Å²) in [6.07, 6.45) is 13.3. The van der Waals surface area contributed by atoms with Crippen molar-refractivity contribution in [2.45, 2.75) is 83.8 Å². The Morgan fingerprint density at radius 2 is 0.425 bits per heavy atom. The standard InChI is InChI=1S/C26H23O2S.C25H21O2S.C22H21O2S.C21H19O2S/c27-26(21-13-12-19-8-2-3-9-20(19)18-21)28-24-14-15-25(29-16-6-1-7-17-29)23-11-5-4-10-22(23)24;26-25(20-12-11-18-7-1-2-8-19(18)17-20)27-23-13-14-24(28-15-5-6-16-28)22-10-4-3-9-21(22)23;23-22(17-9-3-1-4-10-17)24-20-13-14-21(25-15-7-2-8-16-25)19-12-6-5-11-18(19)20;22-21(16-8-2-1-3-9-16)23-19-12-13-20(24-14-6-7-15-24)18-11-5-4-10-17(18)19/h2-5,8-15,18H,1,6-7,16-17H2;1-4,7-14,17H,5-6,15-16H2;1,3-6,9-14H,2,7-8,15-16H2;1-5,8-13H,6-7,14-15H2/q4*+1. The molecule has 106 heavy (non-hydrogen) atoms. The molecule has 4 heterocycles. The predicted molar refractivity (Wildman–Crippen MR) is 444 cm³/mol. The summed E-state index contributed by atoms with van der Waals surface area (Å²) < 4.78 is 23.1. The molecule has 0 unspecified atom stereocenters. The molecule has 8 nitrogen and oxygen atoms in total. The zero-order chi connectivity index (χ0) is 72.0. The number of esters is 4. The van der Waals surface area contributed by atoms with E-state index in [4.69, 9.17) is 18.9 Å². The first-order chi connectivity index (χ1) is 52.2. The molecule has 18 rings (SSSR count). The van der Waals surface area contributed by atoms with Crippen molar-refractivity contribution in [3.8, 4) is 23.0 Å². The molecule has 0 saturated carbocycles. The van der Waals surface area contributed by atoms with E-state index in [1.54, 1.807) is 24.3 Å². The summed E-state index contributed by atoms with van der Waals surface area (Å²) in [7, 11) is 1.28. The topological polar surface area (TPSA) is 105 Å². The lowest BCUT2D eigenvalue weighted by Crippen LogP contribution is -2.18. The Morgan fingerprint density at radius 1 is 0.198 bits per heavy atom. The van der Waals surface area contributed by atoms with Crippen LogP contribution in [0.1, 0.15) is 106 Å². The highest BCUT2D eigenvalue weighted by Gasteiger charge is 2.33. The van der Waals surface area contributed by atoms with E-state index in [0.29, 0.717) is 88.8 Å². The van der Waals surface area contributed by atoms with E-state index >= 15 is 0 Å². The Labute approximate surface area is 631 Å². The Bertz CT molecular complexity index is 5470. The molecule has 14 aromatic carbocycles. The summed E-state index contributed by atoms with van der Waals surface area (Å²) in [6, 6.07) is 95.5. The highest BCUT2D eigenvalue weighted by molar-refractivity contribution is 7.98. The van der Waals surface area contributed by atoms with E-state index < -0.39 is 0 Å². The Kier molecular flexibility index (Phi) is 23.2. The van der Waals surface area contributed by atoms with Gasteiger partial charge in [-0.15, -0.1) is 0 Å². The van der Waals surface area contributed by atoms with Crippen LogP contribution in [0.5, 0.6) is 23.0 Å². The normalized spacial score (nSPS) is 14.9. The summed E-state index contributed by atoms with van der Waals surface area (Å²) in [4.78, 5) is 56.2. The molecule has 0 amide bonds. The third-order valence-electron chi connectivity index (χ3n) is 20.0. The monoisotopic (exact) mass is 1470 g/mol. The van der Waals surface area contributed by atoms with Crippen LogP contribution < -0.4 is 18.9 Å². The fraction of sp³-hybridized carbons (Fsp3) is 0.191. The number of ether oxygens (including phenoxy) is 4. The average Bonchev–Trinajstić information content (AvgIpc) is 1.07. The molecule has 0 spiro atoms. The number of hydrogen-bond donors (Lipinski definition) is 0. The van der Waals surface area contributed by atoms with Crippen LogP contribution >= 0.6 is 0 Å². The van der Waals surface area contributed by atoms with E-state index in [-0.39, 0.29) is 23.9 Å². The van der Waals surface area contributed by atoms with Crippen LogP contribution in [0.2, 0.25) is 0 Å². The van der Waals surface area contributed by atoms with Crippen molar-refractivity contribution in [1.29, 1.82) is 0 Å². The third-order valence-corrected chi connectivity index (χ3v) is 30.2. The van der Waals surface area contributed by atoms with Crippen molar-refractivity contribution in [2.75, 3.05) is 46.0 Å². The number of carbonyl (C=O) groups is 4. The zero-order valence-corrected chi connectivity index (χ0v) is 62.6. The maximum Gasteiger partial charge on any atom is 0.343 e. The molecule has 0 aromatic heterocycles. The number of fused-ring (bicyclic) bond motifs is 6. The smallest absolute Gasteiger partial charge is 0.343 e.